The van der Waals surface area contributed by atoms with Crippen LogP contribution in [0, 0.1) is 0 Å². The van der Waals surface area contributed by atoms with E-state index in [4.69, 9.17) is 22.0 Å². The fourth-order valence-electron chi connectivity index (χ4n) is 3.94. The molecule has 2 atom stereocenters. The fourth-order valence-corrected chi connectivity index (χ4v) is 5.71. The maximum absolute atomic E-state index is 13.2. The van der Waals surface area contributed by atoms with Gasteiger partial charge in [-0.15, -0.1) is 21.5 Å². The van der Waals surface area contributed by atoms with Gasteiger partial charge < -0.3 is 42.9 Å². The molecule has 22 heteroatoms. The summed E-state index contributed by atoms with van der Waals surface area (Å²) in [6.45, 7) is 2.89. The number of oxime groups is 1. The molecule has 1 saturated heterocycles. The average molecular weight is 654 g/mol. The van der Waals surface area contributed by atoms with Gasteiger partial charge in [0, 0.05) is 35.9 Å². The lowest BCUT2D eigenvalue weighted by Crippen LogP contribution is -2.71. The molecule has 0 aromatic carbocycles. The Labute approximate surface area is 256 Å². The smallest absolute Gasteiger partial charge is 0.352 e. The summed E-state index contributed by atoms with van der Waals surface area (Å²) in [6.07, 6.45) is 1.47. The molecule has 2 aliphatic rings. The second kappa shape index (κ2) is 12.7. The first-order chi connectivity index (χ1) is 20.7. The van der Waals surface area contributed by atoms with E-state index >= 15 is 0 Å². The largest absolute Gasteiger partial charge is 0.478 e. The van der Waals surface area contributed by atoms with Crippen LogP contribution in [-0.2, 0) is 30.6 Å². The molecule has 0 aliphatic carbocycles. The third-order valence-corrected chi connectivity index (χ3v) is 8.05. The van der Waals surface area contributed by atoms with E-state index in [-0.39, 0.29) is 53.5 Å². The van der Waals surface area contributed by atoms with Gasteiger partial charge in [0.05, 0.1) is 0 Å². The number of β-lactam (4-membered cyclic amide) rings is 1. The maximum Gasteiger partial charge on any atom is 0.352 e. The molecule has 4 amide bonds. The molecule has 0 spiro atoms. The second-order valence-electron chi connectivity index (χ2n) is 9.79. The molecule has 4 rings (SSSR count). The van der Waals surface area contributed by atoms with E-state index in [1.165, 1.54) is 36.5 Å². The van der Waals surface area contributed by atoms with E-state index in [0.717, 1.165) is 16.4 Å². The number of nitrogen functional groups attached to an aromatic ring is 2. The lowest BCUT2D eigenvalue weighted by Gasteiger charge is -2.49. The number of nitrogens with one attached hydrogen (secondary N) is 4. The Morgan fingerprint density at radius 2 is 2.02 bits per heavy atom. The molecular formula is C22H29N12O8S2+. The molecule has 0 unspecified atom stereocenters. The minimum atomic E-state index is -1.82. The number of nitrogens with zero attached hydrogens (tertiary/aromatic N) is 5. The Kier molecular flexibility index (Phi) is 9.24. The number of carbonyl (C=O) groups excluding carboxylic acids is 3. The molecule has 44 heavy (non-hydrogen) atoms. The summed E-state index contributed by atoms with van der Waals surface area (Å²) in [4.78, 5) is 72.0. The van der Waals surface area contributed by atoms with E-state index in [2.05, 4.69) is 35.6 Å². The van der Waals surface area contributed by atoms with Crippen molar-refractivity contribution in [3.8, 4) is 0 Å². The number of rotatable bonds is 12. The van der Waals surface area contributed by atoms with Crippen LogP contribution in [0.3, 0.4) is 0 Å². The van der Waals surface area contributed by atoms with E-state index in [0.29, 0.717) is 5.57 Å². The monoisotopic (exact) mass is 653 g/mol. The van der Waals surface area contributed by atoms with E-state index in [9.17, 15) is 34.2 Å². The Bertz CT molecular complexity index is 1570. The summed E-state index contributed by atoms with van der Waals surface area (Å²) in [7, 11) is 0. The highest BCUT2D eigenvalue weighted by Gasteiger charge is 2.55. The van der Waals surface area contributed by atoms with Crippen LogP contribution in [0.1, 0.15) is 19.7 Å². The predicted octanol–water partition coefficient (Wildman–Crippen LogP) is -2.58. The fraction of sp³-hybridized carbons (Fsp3) is 0.409. The van der Waals surface area contributed by atoms with Crippen molar-refractivity contribution >= 4 is 75.4 Å². The number of carbonyl (C=O) groups is 5. The number of amides is 4. The van der Waals surface area contributed by atoms with Gasteiger partial charge in [-0.25, -0.2) is 14.4 Å². The van der Waals surface area contributed by atoms with Crippen molar-refractivity contribution < 1.29 is 43.7 Å². The van der Waals surface area contributed by atoms with Gasteiger partial charge in [0.2, 0.25) is 23.3 Å². The zero-order valence-electron chi connectivity index (χ0n) is 23.2. The first-order valence-corrected chi connectivity index (χ1v) is 14.5. The summed E-state index contributed by atoms with van der Waals surface area (Å²) in [6, 6.07) is -1.69. The van der Waals surface area contributed by atoms with Crippen molar-refractivity contribution in [2.45, 2.75) is 37.4 Å². The predicted molar refractivity (Wildman–Crippen MR) is 155 cm³/mol. The minimum Gasteiger partial charge on any atom is -0.478 e. The molecule has 0 radical (unpaired) electrons. The highest BCUT2D eigenvalue weighted by Crippen LogP contribution is 2.40. The highest BCUT2D eigenvalue weighted by atomic mass is 32.2. The third-order valence-electron chi connectivity index (χ3n) is 6.16. The number of aromatic nitrogens is 4. The van der Waals surface area contributed by atoms with Gasteiger partial charge in [-0.3, -0.25) is 19.8 Å². The van der Waals surface area contributed by atoms with E-state index < -0.39 is 52.5 Å². The van der Waals surface area contributed by atoms with Crippen LogP contribution in [0.4, 0.5) is 21.4 Å². The molecule has 2 aromatic rings. The molecule has 0 saturated carbocycles. The van der Waals surface area contributed by atoms with Gasteiger partial charge in [-0.1, -0.05) is 5.16 Å². The number of aliphatic carboxylic acids is 2. The lowest BCUT2D eigenvalue weighted by molar-refractivity contribution is -0.741. The molecule has 2 aromatic heterocycles. The van der Waals surface area contributed by atoms with Crippen molar-refractivity contribution in [1.29, 1.82) is 0 Å². The number of hydrogen-bond acceptors (Lipinski definition) is 14. The number of thioether (sulfide) groups is 1. The number of hydrogen-bond donors (Lipinski definition) is 9. The molecule has 2 aliphatic heterocycles. The van der Waals surface area contributed by atoms with E-state index in [1.807, 2.05) is 0 Å². The molecule has 4 heterocycles. The van der Waals surface area contributed by atoms with Gasteiger partial charge in [0.1, 0.15) is 17.1 Å². The number of aromatic amines is 1. The molecule has 0 bridgehead atoms. The summed E-state index contributed by atoms with van der Waals surface area (Å²) in [5.41, 5.74) is 14.9. The summed E-state index contributed by atoms with van der Waals surface area (Å²) >= 11 is 1.95. The summed E-state index contributed by atoms with van der Waals surface area (Å²) in [5, 5.41) is 32.5. The number of H-pyrrole nitrogens is 1. The Balaban J connectivity index is 1.51. The van der Waals surface area contributed by atoms with Gasteiger partial charge in [0.25, 0.3) is 11.8 Å². The van der Waals surface area contributed by atoms with Crippen molar-refractivity contribution in [3.05, 3.63) is 23.3 Å². The van der Waals surface area contributed by atoms with Gasteiger partial charge in [0.15, 0.2) is 23.2 Å². The van der Waals surface area contributed by atoms with Crippen LogP contribution in [0.2, 0.25) is 0 Å². The minimum absolute atomic E-state index is 0.00468. The van der Waals surface area contributed by atoms with Crippen molar-refractivity contribution in [2.24, 2.45) is 10.9 Å². The molecule has 20 nitrogen and oxygen atoms in total. The van der Waals surface area contributed by atoms with Crippen molar-refractivity contribution in [1.82, 2.24) is 30.0 Å². The first kappa shape index (κ1) is 32.0. The second-order valence-corrected chi connectivity index (χ2v) is 11.7. The maximum atomic E-state index is 13.2. The summed E-state index contributed by atoms with van der Waals surface area (Å²) < 4.78 is 5.36. The van der Waals surface area contributed by atoms with Crippen LogP contribution in [0.15, 0.2) is 22.6 Å². The van der Waals surface area contributed by atoms with Crippen LogP contribution in [0.25, 0.3) is 0 Å². The van der Waals surface area contributed by atoms with Crippen LogP contribution < -0.4 is 37.8 Å². The third kappa shape index (κ3) is 6.65. The summed E-state index contributed by atoms with van der Waals surface area (Å²) in [5.74, 6) is -4.39. The van der Waals surface area contributed by atoms with Crippen molar-refractivity contribution in [2.75, 3.05) is 35.6 Å². The zero-order valence-corrected chi connectivity index (χ0v) is 24.8. The normalized spacial score (nSPS) is 18.3. The van der Waals surface area contributed by atoms with Crippen molar-refractivity contribution in [3.63, 3.8) is 0 Å². The number of urea groups is 1. The Morgan fingerprint density at radius 1 is 1.30 bits per heavy atom. The topological polar surface area (TPSA) is 310 Å². The molecule has 1 fully saturated rings. The highest BCUT2D eigenvalue weighted by molar-refractivity contribution is 8.00. The standard InChI is InChI=1S/C22H28N12O8S2/c1-22(2,19(39)40)42-31-10(14-29-20(25)44-32-14)15(35)28-11-16(36)34-12(18(37)38)8(7-43-17(11)34)5-33-6-9(13(24)30-33)27-21(41)26-4-3-23/h6,11,17H,3-5,7,23H2,1-2H3,(H9,24,25,26,27,28,29,30,32,35,37,38,39,40,41)/p+1/b31-10-/t11-,17-/m1/s1. The first-order valence-electron chi connectivity index (χ1n) is 12.7. The quantitative estimate of drug-likeness (QED) is 0.0492. The number of nitrogens with two attached hydrogens (primary N) is 3. The number of carboxylic acids is 2. The number of carboxylic acid groups (broad SMARTS) is 2. The van der Waals surface area contributed by atoms with Crippen LogP contribution >= 0.6 is 23.3 Å². The van der Waals surface area contributed by atoms with Gasteiger partial charge >= 0.3 is 18.0 Å². The SMILES string of the molecule is CC(C)(O/N=C(\C(=O)N[C@@H]1C(=O)N2C(C(=O)O)=C(C[n+]3cc(NC(=O)NCCN)c(N)[nH]3)CS[C@H]12)c1nsc(N)n1)C(=O)O. The Morgan fingerprint density at radius 3 is 2.64 bits per heavy atom. The van der Waals surface area contributed by atoms with Crippen LogP contribution in [0.5, 0.6) is 0 Å². The lowest BCUT2D eigenvalue weighted by atomic mass is 10.0. The van der Waals surface area contributed by atoms with Gasteiger partial charge in [-0.2, -0.15) is 9.36 Å². The number of anilines is 3. The van der Waals surface area contributed by atoms with Crippen LogP contribution in [-0.4, -0.2) is 101 Å². The molecular weight excluding hydrogens is 624 g/mol. The molecule has 12 N–H and O–H groups in total. The zero-order chi connectivity index (χ0) is 32.3. The molecule has 236 valence electrons. The van der Waals surface area contributed by atoms with E-state index in [1.54, 1.807) is 0 Å². The van der Waals surface area contributed by atoms with Gasteiger partial charge in [-0.05, 0) is 13.8 Å². The number of fused-ring (bicyclic) bond motifs is 1. The average Bonchev–Trinajstić information content (AvgIpc) is 3.54. The Hall–Kier alpha value is -4.96.